The molecule has 0 bridgehead atoms. The lowest BCUT2D eigenvalue weighted by atomic mass is 10.5. The molecule has 0 aliphatic carbocycles. The third-order valence-electron chi connectivity index (χ3n) is 1.83. The van der Waals surface area contributed by atoms with E-state index in [9.17, 15) is 9.59 Å². The summed E-state index contributed by atoms with van der Waals surface area (Å²) in [5, 5.41) is 0. The third kappa shape index (κ3) is 1.93. The number of hydrogen-bond acceptors (Lipinski definition) is 4. The first-order valence-electron chi connectivity index (χ1n) is 4.00. The Balaban J connectivity index is 1.73. The van der Waals surface area contributed by atoms with Crippen molar-refractivity contribution >= 4 is 11.8 Å². The van der Waals surface area contributed by atoms with E-state index in [-0.39, 0.29) is 24.6 Å². The van der Waals surface area contributed by atoms with Crippen molar-refractivity contribution in [1.82, 2.24) is 4.90 Å². The molecule has 2 aliphatic rings. The summed E-state index contributed by atoms with van der Waals surface area (Å²) >= 11 is 0. The van der Waals surface area contributed by atoms with Gasteiger partial charge in [0.15, 0.2) is 0 Å². The molecule has 1 fully saturated rings. The number of amides is 2. The second-order valence-electron chi connectivity index (χ2n) is 2.89. The van der Waals surface area contributed by atoms with Crippen molar-refractivity contribution in [1.29, 1.82) is 0 Å². The van der Waals surface area contributed by atoms with Crippen molar-refractivity contribution in [2.75, 3.05) is 19.9 Å². The predicted molar refractivity (Wildman–Crippen MR) is 41.6 cm³/mol. The van der Waals surface area contributed by atoms with Crippen LogP contribution in [0.5, 0.6) is 0 Å². The van der Waals surface area contributed by atoms with Gasteiger partial charge in [-0.2, -0.15) is 0 Å². The molecule has 0 saturated carbocycles. The van der Waals surface area contributed by atoms with E-state index < -0.39 is 0 Å². The summed E-state index contributed by atoms with van der Waals surface area (Å²) in [4.78, 5) is 23.0. The van der Waals surface area contributed by atoms with Gasteiger partial charge in [-0.15, -0.1) is 0 Å². The number of carbonyl (C=O) groups is 2. The summed E-state index contributed by atoms with van der Waals surface area (Å²) in [5.41, 5.74) is 0. The van der Waals surface area contributed by atoms with Gasteiger partial charge in [0.1, 0.15) is 12.8 Å². The first kappa shape index (κ1) is 8.40. The minimum Gasteiger partial charge on any atom is -0.371 e. The van der Waals surface area contributed by atoms with Crippen molar-refractivity contribution in [2.24, 2.45) is 0 Å². The van der Waals surface area contributed by atoms with Crippen LogP contribution < -0.4 is 0 Å². The number of ether oxygens (including phenoxy) is 2. The maximum atomic E-state index is 11.0. The van der Waals surface area contributed by atoms with Crippen molar-refractivity contribution in [3.8, 4) is 0 Å². The van der Waals surface area contributed by atoms with E-state index in [2.05, 4.69) is 0 Å². The molecule has 0 N–H and O–H groups in total. The van der Waals surface area contributed by atoms with Gasteiger partial charge in [-0.05, 0) is 0 Å². The van der Waals surface area contributed by atoms with Gasteiger partial charge in [0, 0.05) is 12.2 Å². The topological polar surface area (TPSA) is 59.1 Å². The standard InChI is InChI=1S/C8H9NO4/c10-7-1-2-8(11)9(7)5-12-3-6-4-13-6/h1-2,6H,3-5H2. The molecule has 2 aliphatic heterocycles. The number of carbonyl (C=O) groups excluding carboxylic acids is 2. The normalized spacial score (nSPS) is 25.8. The molecular formula is C8H9NO4. The zero-order chi connectivity index (χ0) is 9.26. The molecule has 1 saturated heterocycles. The Morgan fingerprint density at radius 3 is 2.62 bits per heavy atom. The van der Waals surface area contributed by atoms with Crippen LogP contribution >= 0.6 is 0 Å². The van der Waals surface area contributed by atoms with Gasteiger partial charge in [-0.3, -0.25) is 14.5 Å². The van der Waals surface area contributed by atoms with Crippen molar-refractivity contribution in [3.05, 3.63) is 12.2 Å². The highest BCUT2D eigenvalue weighted by molar-refractivity contribution is 6.12. The molecule has 2 amide bonds. The van der Waals surface area contributed by atoms with Gasteiger partial charge in [-0.25, -0.2) is 0 Å². The van der Waals surface area contributed by atoms with Gasteiger partial charge in [-0.1, -0.05) is 0 Å². The van der Waals surface area contributed by atoms with Crippen LogP contribution in [0.2, 0.25) is 0 Å². The highest BCUT2D eigenvalue weighted by Gasteiger charge is 2.26. The SMILES string of the molecule is O=C1C=CC(=O)N1COCC1CO1. The van der Waals surface area contributed by atoms with Crippen molar-refractivity contribution < 1.29 is 19.1 Å². The molecule has 0 aromatic carbocycles. The predicted octanol–water partition coefficient (Wildman–Crippen LogP) is -0.716. The summed E-state index contributed by atoms with van der Waals surface area (Å²) in [6, 6.07) is 0. The smallest absolute Gasteiger partial charge is 0.255 e. The molecule has 0 spiro atoms. The molecule has 1 unspecified atom stereocenters. The molecule has 0 aromatic heterocycles. The van der Waals surface area contributed by atoms with E-state index in [1.165, 1.54) is 12.2 Å². The monoisotopic (exact) mass is 183 g/mol. The molecule has 70 valence electrons. The summed E-state index contributed by atoms with van der Waals surface area (Å²) in [6.45, 7) is 1.17. The average molecular weight is 183 g/mol. The van der Waals surface area contributed by atoms with Crippen LogP contribution in [0, 0.1) is 0 Å². The molecule has 1 atom stereocenters. The molecule has 13 heavy (non-hydrogen) atoms. The Labute approximate surface area is 74.9 Å². The fraction of sp³-hybridized carbons (Fsp3) is 0.500. The lowest BCUT2D eigenvalue weighted by molar-refractivity contribution is -0.143. The first-order chi connectivity index (χ1) is 6.27. The second-order valence-corrected chi connectivity index (χ2v) is 2.89. The Morgan fingerprint density at radius 2 is 2.08 bits per heavy atom. The van der Waals surface area contributed by atoms with Gasteiger partial charge in [0.05, 0.1) is 13.2 Å². The average Bonchev–Trinajstić information content (AvgIpc) is 2.86. The van der Waals surface area contributed by atoms with Crippen LogP contribution in [0.25, 0.3) is 0 Å². The quantitative estimate of drug-likeness (QED) is 0.426. The van der Waals surface area contributed by atoms with Crippen molar-refractivity contribution in [2.45, 2.75) is 6.10 Å². The van der Waals surface area contributed by atoms with Gasteiger partial charge < -0.3 is 9.47 Å². The highest BCUT2D eigenvalue weighted by Crippen LogP contribution is 2.09. The highest BCUT2D eigenvalue weighted by atomic mass is 16.6. The molecule has 0 aromatic rings. The summed E-state index contributed by atoms with van der Waals surface area (Å²) in [6.07, 6.45) is 2.62. The lowest BCUT2D eigenvalue weighted by Crippen LogP contribution is -2.32. The van der Waals surface area contributed by atoms with Crippen LogP contribution in [-0.2, 0) is 19.1 Å². The largest absolute Gasteiger partial charge is 0.371 e. The maximum absolute atomic E-state index is 11.0. The molecular weight excluding hydrogens is 174 g/mol. The molecule has 0 radical (unpaired) electrons. The number of imide groups is 1. The minimum absolute atomic E-state index is 0.0184. The summed E-state index contributed by atoms with van der Waals surface area (Å²) < 4.78 is 10.00. The number of nitrogens with zero attached hydrogens (tertiary/aromatic N) is 1. The Kier molecular flexibility index (Phi) is 2.12. The van der Waals surface area contributed by atoms with Crippen LogP contribution in [-0.4, -0.2) is 42.8 Å². The molecule has 2 heterocycles. The van der Waals surface area contributed by atoms with E-state index in [4.69, 9.17) is 9.47 Å². The van der Waals surface area contributed by atoms with Crippen LogP contribution in [0.1, 0.15) is 0 Å². The number of hydrogen-bond donors (Lipinski definition) is 0. The summed E-state index contributed by atoms with van der Waals surface area (Å²) in [7, 11) is 0. The minimum atomic E-state index is -0.318. The van der Waals surface area contributed by atoms with E-state index in [0.717, 1.165) is 4.90 Å². The number of rotatable bonds is 4. The Morgan fingerprint density at radius 1 is 1.46 bits per heavy atom. The van der Waals surface area contributed by atoms with E-state index in [0.29, 0.717) is 13.2 Å². The van der Waals surface area contributed by atoms with Gasteiger partial charge in [0.25, 0.3) is 11.8 Å². The van der Waals surface area contributed by atoms with Crippen LogP contribution in [0.15, 0.2) is 12.2 Å². The zero-order valence-corrected chi connectivity index (χ0v) is 6.93. The molecule has 5 nitrogen and oxygen atoms in total. The van der Waals surface area contributed by atoms with E-state index >= 15 is 0 Å². The lowest BCUT2D eigenvalue weighted by Gasteiger charge is -2.12. The fourth-order valence-corrected chi connectivity index (χ4v) is 0.998. The molecule has 2 rings (SSSR count). The van der Waals surface area contributed by atoms with Crippen LogP contribution in [0.4, 0.5) is 0 Å². The van der Waals surface area contributed by atoms with Gasteiger partial charge in [0.2, 0.25) is 0 Å². The van der Waals surface area contributed by atoms with E-state index in [1.807, 2.05) is 0 Å². The third-order valence-corrected chi connectivity index (χ3v) is 1.83. The first-order valence-corrected chi connectivity index (χ1v) is 4.00. The number of epoxide rings is 1. The van der Waals surface area contributed by atoms with Gasteiger partial charge >= 0.3 is 0 Å². The maximum Gasteiger partial charge on any atom is 0.255 e. The summed E-state index contributed by atoms with van der Waals surface area (Å²) in [5.74, 6) is -0.636. The zero-order valence-electron chi connectivity index (χ0n) is 6.93. The van der Waals surface area contributed by atoms with E-state index in [1.54, 1.807) is 0 Å². The molecule has 5 heteroatoms. The fourth-order valence-electron chi connectivity index (χ4n) is 0.998. The Bertz CT molecular complexity index is 251. The second kappa shape index (κ2) is 3.27. The van der Waals surface area contributed by atoms with Crippen LogP contribution in [0.3, 0.4) is 0 Å². The van der Waals surface area contributed by atoms with Crippen molar-refractivity contribution in [3.63, 3.8) is 0 Å². The Hall–Kier alpha value is -1.20.